The van der Waals surface area contributed by atoms with Gasteiger partial charge in [0.1, 0.15) is 0 Å². The zero-order chi connectivity index (χ0) is 20.2. The third kappa shape index (κ3) is 7.81. The second-order valence-corrected chi connectivity index (χ2v) is 8.12. The molecule has 0 aliphatic rings. The summed E-state index contributed by atoms with van der Waals surface area (Å²) in [4.78, 5) is 2.62. The van der Waals surface area contributed by atoms with Gasteiger partial charge in [0, 0.05) is 11.6 Å². The highest BCUT2D eigenvalue weighted by atomic mass is 35.5. The molecule has 0 saturated carbocycles. The monoisotopic (exact) mass is 397 g/mol. The van der Waals surface area contributed by atoms with Crippen LogP contribution in [0.25, 0.3) is 16.7 Å². The summed E-state index contributed by atoms with van der Waals surface area (Å²) in [7, 11) is 0. The summed E-state index contributed by atoms with van der Waals surface area (Å²) in [5.41, 5.74) is 5.10. The van der Waals surface area contributed by atoms with Gasteiger partial charge in [-0.15, -0.1) is 0 Å². The number of nitrogens with zero attached hydrogens (tertiary/aromatic N) is 1. The highest BCUT2D eigenvalue weighted by Crippen LogP contribution is 2.24. The standard InChI is InChI=1S/C26H36ClN/c1-4-6-8-19-28(20-9-7-5-2)21-18-22(3)23-10-12-24(13-11-23)25-14-16-26(27)17-15-25/h10-18H,4-9,19-21H2,1-3H3/b22-18-. The minimum absolute atomic E-state index is 0.779. The molecule has 28 heavy (non-hydrogen) atoms. The van der Waals surface area contributed by atoms with Crippen LogP contribution in [0.2, 0.25) is 5.02 Å². The predicted octanol–water partition coefficient (Wildman–Crippen LogP) is 8.09. The van der Waals surface area contributed by atoms with Crippen molar-refractivity contribution in [3.8, 4) is 11.1 Å². The molecule has 2 heteroatoms. The van der Waals surface area contributed by atoms with Gasteiger partial charge in [-0.1, -0.05) is 93.6 Å². The van der Waals surface area contributed by atoms with Gasteiger partial charge < -0.3 is 0 Å². The van der Waals surface area contributed by atoms with E-state index in [9.17, 15) is 0 Å². The Bertz CT molecular complexity index is 690. The minimum Gasteiger partial charge on any atom is -0.300 e. The summed E-state index contributed by atoms with van der Waals surface area (Å²) in [5, 5.41) is 0.779. The molecule has 0 fully saturated rings. The van der Waals surface area contributed by atoms with Crippen LogP contribution >= 0.6 is 11.6 Å². The average molecular weight is 398 g/mol. The zero-order valence-corrected chi connectivity index (χ0v) is 18.6. The molecule has 2 rings (SSSR count). The summed E-state index contributed by atoms with van der Waals surface area (Å²) in [6, 6.07) is 16.9. The molecule has 1 nitrogen and oxygen atoms in total. The molecule has 0 aliphatic heterocycles. The van der Waals surface area contributed by atoms with E-state index < -0.39 is 0 Å². The molecule has 0 bridgehead atoms. The summed E-state index contributed by atoms with van der Waals surface area (Å²) < 4.78 is 0. The van der Waals surface area contributed by atoms with E-state index in [1.807, 2.05) is 12.1 Å². The van der Waals surface area contributed by atoms with Crippen molar-refractivity contribution in [2.45, 2.75) is 59.3 Å². The van der Waals surface area contributed by atoms with Crippen molar-refractivity contribution in [3.63, 3.8) is 0 Å². The molecule has 0 aromatic heterocycles. The quantitative estimate of drug-likeness (QED) is 0.327. The molecule has 152 valence electrons. The molecular formula is C26H36ClN. The number of hydrogen-bond donors (Lipinski definition) is 0. The first kappa shape index (κ1) is 22.7. The molecule has 0 saturated heterocycles. The van der Waals surface area contributed by atoms with E-state index >= 15 is 0 Å². The van der Waals surface area contributed by atoms with Crippen LogP contribution in [0.3, 0.4) is 0 Å². The van der Waals surface area contributed by atoms with E-state index in [4.69, 9.17) is 11.6 Å². The van der Waals surface area contributed by atoms with Crippen LogP contribution in [0.1, 0.15) is 64.9 Å². The molecule has 0 unspecified atom stereocenters. The summed E-state index contributed by atoms with van der Waals surface area (Å²) in [6.07, 6.45) is 10.3. The van der Waals surface area contributed by atoms with Crippen molar-refractivity contribution in [2.24, 2.45) is 0 Å². The van der Waals surface area contributed by atoms with Crippen LogP contribution in [0.4, 0.5) is 0 Å². The molecule has 0 spiro atoms. The van der Waals surface area contributed by atoms with Gasteiger partial charge >= 0.3 is 0 Å². The van der Waals surface area contributed by atoms with Gasteiger partial charge in [-0.25, -0.2) is 0 Å². The maximum Gasteiger partial charge on any atom is 0.0406 e. The third-order valence-corrected chi connectivity index (χ3v) is 5.58. The Hall–Kier alpha value is -1.57. The lowest BCUT2D eigenvalue weighted by atomic mass is 10.0. The lowest BCUT2D eigenvalue weighted by molar-refractivity contribution is 0.288. The topological polar surface area (TPSA) is 3.24 Å². The van der Waals surface area contributed by atoms with Crippen LogP contribution in [0, 0.1) is 0 Å². The van der Waals surface area contributed by atoms with E-state index in [-0.39, 0.29) is 0 Å². The maximum atomic E-state index is 5.99. The van der Waals surface area contributed by atoms with Crippen molar-refractivity contribution < 1.29 is 0 Å². The van der Waals surface area contributed by atoms with Crippen LogP contribution in [-0.2, 0) is 0 Å². The fourth-order valence-electron chi connectivity index (χ4n) is 3.42. The van der Waals surface area contributed by atoms with Crippen LogP contribution < -0.4 is 0 Å². The Morgan fingerprint density at radius 1 is 0.786 bits per heavy atom. The predicted molar refractivity (Wildman–Crippen MR) is 126 cm³/mol. The second-order valence-electron chi connectivity index (χ2n) is 7.69. The first-order valence-electron chi connectivity index (χ1n) is 10.9. The smallest absolute Gasteiger partial charge is 0.0406 e. The number of hydrogen-bond acceptors (Lipinski definition) is 1. The fraction of sp³-hybridized carbons (Fsp3) is 0.462. The van der Waals surface area contributed by atoms with Gasteiger partial charge in [0.25, 0.3) is 0 Å². The fourth-order valence-corrected chi connectivity index (χ4v) is 3.54. The molecule has 0 N–H and O–H groups in total. The van der Waals surface area contributed by atoms with E-state index in [1.165, 1.54) is 73.9 Å². The number of unbranched alkanes of at least 4 members (excludes halogenated alkanes) is 4. The molecule has 2 aromatic carbocycles. The van der Waals surface area contributed by atoms with E-state index in [0.29, 0.717) is 0 Å². The average Bonchev–Trinajstić information content (AvgIpc) is 2.72. The lowest BCUT2D eigenvalue weighted by Crippen LogP contribution is -2.26. The van der Waals surface area contributed by atoms with Gasteiger partial charge in [0.15, 0.2) is 0 Å². The SMILES string of the molecule is CCCCCN(C/C=C(/C)c1ccc(-c2ccc(Cl)cc2)cc1)CCCCC. The van der Waals surface area contributed by atoms with Gasteiger partial charge in [-0.3, -0.25) is 4.90 Å². The Morgan fingerprint density at radius 2 is 1.29 bits per heavy atom. The highest BCUT2D eigenvalue weighted by Gasteiger charge is 2.04. The Balaban J connectivity index is 1.98. The Labute approximate surface area is 177 Å². The zero-order valence-electron chi connectivity index (χ0n) is 17.9. The minimum atomic E-state index is 0.779. The maximum absolute atomic E-state index is 5.99. The second kappa shape index (κ2) is 12.8. The molecular weight excluding hydrogens is 362 g/mol. The van der Waals surface area contributed by atoms with Crippen molar-refractivity contribution in [2.75, 3.05) is 19.6 Å². The highest BCUT2D eigenvalue weighted by molar-refractivity contribution is 6.30. The third-order valence-electron chi connectivity index (χ3n) is 5.33. The van der Waals surface area contributed by atoms with Gasteiger partial charge in [0.05, 0.1) is 0 Å². The lowest BCUT2D eigenvalue weighted by Gasteiger charge is -2.21. The number of halogens is 1. The van der Waals surface area contributed by atoms with Crippen LogP contribution in [0.5, 0.6) is 0 Å². The van der Waals surface area contributed by atoms with E-state index in [2.05, 4.69) is 68.1 Å². The van der Waals surface area contributed by atoms with Gasteiger partial charge in [0.2, 0.25) is 0 Å². The number of benzene rings is 2. The summed E-state index contributed by atoms with van der Waals surface area (Å²) in [5.74, 6) is 0. The molecule has 0 heterocycles. The number of allylic oxidation sites excluding steroid dienone is 1. The normalized spacial score (nSPS) is 12.0. The Kier molecular flexibility index (Phi) is 10.4. The molecule has 0 radical (unpaired) electrons. The van der Waals surface area contributed by atoms with Gasteiger partial charge in [-0.05, 0) is 67.3 Å². The van der Waals surface area contributed by atoms with Crippen LogP contribution in [0.15, 0.2) is 54.6 Å². The van der Waals surface area contributed by atoms with Crippen molar-refractivity contribution >= 4 is 17.2 Å². The number of rotatable bonds is 12. The summed E-state index contributed by atoms with van der Waals surface area (Å²) >= 11 is 5.99. The first-order valence-corrected chi connectivity index (χ1v) is 11.3. The van der Waals surface area contributed by atoms with Crippen LogP contribution in [-0.4, -0.2) is 24.5 Å². The molecule has 0 atom stereocenters. The van der Waals surface area contributed by atoms with Crippen molar-refractivity contribution in [1.29, 1.82) is 0 Å². The summed E-state index contributed by atoms with van der Waals surface area (Å²) in [6.45, 7) is 10.3. The Morgan fingerprint density at radius 3 is 1.79 bits per heavy atom. The van der Waals surface area contributed by atoms with E-state index in [0.717, 1.165) is 11.6 Å². The van der Waals surface area contributed by atoms with Crippen molar-refractivity contribution in [3.05, 3.63) is 65.2 Å². The first-order chi connectivity index (χ1) is 13.6. The largest absolute Gasteiger partial charge is 0.300 e. The molecule has 2 aromatic rings. The van der Waals surface area contributed by atoms with Gasteiger partial charge in [-0.2, -0.15) is 0 Å². The van der Waals surface area contributed by atoms with E-state index in [1.54, 1.807) is 0 Å². The molecule has 0 amide bonds. The molecule has 0 aliphatic carbocycles. The van der Waals surface area contributed by atoms with Crippen molar-refractivity contribution in [1.82, 2.24) is 4.90 Å².